The maximum atomic E-state index is 12.0. The Hall–Kier alpha value is -3.77. The van der Waals surface area contributed by atoms with Crippen LogP contribution in [0.25, 0.3) is 22.2 Å². The second kappa shape index (κ2) is 10.5. The lowest BCUT2D eigenvalue weighted by Gasteiger charge is -2.13. The highest BCUT2D eigenvalue weighted by Crippen LogP contribution is 2.40. The van der Waals surface area contributed by atoms with Crippen LogP contribution in [-0.2, 0) is 17.8 Å². The molecule has 8 nitrogen and oxygen atoms in total. The molecule has 0 unspecified atom stereocenters. The molecule has 9 heteroatoms. The minimum Gasteiger partial charge on any atom is -0.447 e. The molecule has 0 bridgehead atoms. The maximum Gasteiger partial charge on any atom is 0.411 e. The van der Waals surface area contributed by atoms with Gasteiger partial charge in [0, 0.05) is 28.3 Å². The van der Waals surface area contributed by atoms with Crippen LogP contribution in [0.15, 0.2) is 60.0 Å². The molecule has 0 saturated heterocycles. The van der Waals surface area contributed by atoms with Crippen molar-refractivity contribution >= 4 is 34.4 Å². The van der Waals surface area contributed by atoms with Crippen LogP contribution in [-0.4, -0.2) is 37.3 Å². The number of carbonyl (C=O) groups is 1. The molecule has 1 fully saturated rings. The zero-order chi connectivity index (χ0) is 25.1. The number of aromatic nitrogens is 4. The Bertz CT molecular complexity index is 1400. The third-order valence-electron chi connectivity index (χ3n) is 6.09. The lowest BCUT2D eigenvalue weighted by atomic mass is 10.1. The molecule has 2 aromatic carbocycles. The van der Waals surface area contributed by atoms with Gasteiger partial charge in [-0.3, -0.25) is 10.00 Å². The van der Waals surface area contributed by atoms with E-state index in [1.807, 2.05) is 42.8 Å². The molecule has 2 aromatic heterocycles. The molecule has 1 amide bonds. The summed E-state index contributed by atoms with van der Waals surface area (Å²) in [6.45, 7) is 5.30. The molecule has 1 saturated carbocycles. The van der Waals surface area contributed by atoms with Crippen LogP contribution >= 0.6 is 11.8 Å². The maximum absolute atomic E-state index is 12.0. The molecule has 36 heavy (non-hydrogen) atoms. The molecule has 0 radical (unpaired) electrons. The van der Waals surface area contributed by atoms with E-state index in [4.69, 9.17) is 4.74 Å². The predicted octanol–water partition coefficient (Wildman–Crippen LogP) is 5.93. The van der Waals surface area contributed by atoms with Crippen LogP contribution < -0.4 is 5.32 Å². The molecule has 1 N–H and O–H groups in total. The first-order valence-electron chi connectivity index (χ1n) is 12.1. The normalized spacial score (nSPS) is 13.2. The highest BCUT2D eigenvalue weighted by Gasteiger charge is 2.26. The highest BCUT2D eigenvalue weighted by molar-refractivity contribution is 7.99. The van der Waals surface area contributed by atoms with E-state index in [-0.39, 0.29) is 6.10 Å². The minimum absolute atomic E-state index is 0.189. The molecule has 1 aliphatic carbocycles. The quantitative estimate of drug-likeness (QED) is 0.286. The van der Waals surface area contributed by atoms with Gasteiger partial charge in [0.25, 0.3) is 0 Å². The van der Waals surface area contributed by atoms with E-state index in [0.29, 0.717) is 17.2 Å². The number of fused-ring (bicyclic) bond motifs is 1. The summed E-state index contributed by atoms with van der Waals surface area (Å²) in [5.41, 5.74) is 4.30. The number of nitrogens with one attached hydrogen (secondary N) is 1. The Labute approximate surface area is 214 Å². The van der Waals surface area contributed by atoms with Gasteiger partial charge in [0.1, 0.15) is 18.7 Å². The molecule has 0 atom stereocenters. The van der Waals surface area contributed by atoms with Crippen LogP contribution in [0, 0.1) is 17.2 Å². The van der Waals surface area contributed by atoms with Crippen LogP contribution in [0.5, 0.6) is 0 Å². The smallest absolute Gasteiger partial charge is 0.411 e. The number of nitrogens with zero attached hydrogens (tertiary/aromatic N) is 5. The summed E-state index contributed by atoms with van der Waals surface area (Å²) in [6.07, 6.45) is 5.04. The van der Waals surface area contributed by atoms with E-state index in [1.54, 1.807) is 24.4 Å². The molecule has 184 valence electrons. The van der Waals surface area contributed by atoms with Crippen molar-refractivity contribution in [1.29, 1.82) is 5.26 Å². The summed E-state index contributed by atoms with van der Waals surface area (Å²) in [5.74, 6) is 1.52. The van der Waals surface area contributed by atoms with Crippen LogP contribution in [0.1, 0.15) is 32.3 Å². The van der Waals surface area contributed by atoms with Crippen molar-refractivity contribution < 1.29 is 9.53 Å². The number of nitriles is 1. The number of thioether (sulfide) groups is 1. The lowest BCUT2D eigenvalue weighted by Crippen LogP contribution is -2.17. The van der Waals surface area contributed by atoms with Crippen LogP contribution in [0.3, 0.4) is 0 Å². The summed E-state index contributed by atoms with van der Waals surface area (Å²) < 4.78 is 9.30. The number of anilines is 1. The Morgan fingerprint density at radius 1 is 1.25 bits per heavy atom. The van der Waals surface area contributed by atoms with E-state index in [1.165, 1.54) is 12.8 Å². The molecule has 1 aliphatic rings. The van der Waals surface area contributed by atoms with Crippen molar-refractivity contribution in [2.75, 3.05) is 11.1 Å². The average Bonchev–Trinajstić information content (AvgIpc) is 3.42. The van der Waals surface area contributed by atoms with Gasteiger partial charge in [0.05, 0.1) is 29.4 Å². The van der Waals surface area contributed by atoms with E-state index < -0.39 is 6.09 Å². The van der Waals surface area contributed by atoms with Crippen LogP contribution in [0.4, 0.5) is 10.5 Å². The van der Waals surface area contributed by atoms with Gasteiger partial charge in [-0.05, 0) is 62.4 Å². The Morgan fingerprint density at radius 3 is 2.72 bits per heavy atom. The van der Waals surface area contributed by atoms with E-state index in [2.05, 4.69) is 44.2 Å². The molecule has 0 spiro atoms. The first kappa shape index (κ1) is 23.9. The predicted molar refractivity (Wildman–Crippen MR) is 141 cm³/mol. The summed E-state index contributed by atoms with van der Waals surface area (Å²) >= 11 is 1.77. The van der Waals surface area contributed by atoms with Gasteiger partial charge in [0.15, 0.2) is 0 Å². The van der Waals surface area contributed by atoms with Crippen molar-refractivity contribution in [2.24, 2.45) is 5.92 Å². The third kappa shape index (κ3) is 5.39. The standard InChI is InChI=1S/C27H28N6O2S/c1-18(2)35-27(34)31-21-7-5-20(6-8-21)26-24(14-28)23-10-9-22(36-12-11-32-17-29-16-30-32)13-25(23)33(26)15-19-3-4-19/h5-10,13,16-19H,3-4,11-12,15H2,1-2H3,(H,31,34). The fourth-order valence-corrected chi connectivity index (χ4v) is 5.13. The Morgan fingerprint density at radius 2 is 2.06 bits per heavy atom. The van der Waals surface area contributed by atoms with E-state index >= 15 is 0 Å². The fourth-order valence-electron chi connectivity index (χ4n) is 4.26. The summed E-state index contributed by atoms with van der Waals surface area (Å²) in [4.78, 5) is 17.1. The summed E-state index contributed by atoms with van der Waals surface area (Å²) in [7, 11) is 0. The first-order chi connectivity index (χ1) is 17.5. The number of carbonyl (C=O) groups excluding carboxylic acids is 1. The molecule has 4 aromatic rings. The number of aryl methyl sites for hydroxylation is 1. The number of ether oxygens (including phenoxy) is 1. The van der Waals surface area contributed by atoms with Crippen molar-refractivity contribution in [1.82, 2.24) is 19.3 Å². The van der Waals surface area contributed by atoms with Crippen molar-refractivity contribution in [3.63, 3.8) is 0 Å². The zero-order valence-corrected chi connectivity index (χ0v) is 21.2. The second-order valence-electron chi connectivity index (χ2n) is 9.23. The van der Waals surface area contributed by atoms with Gasteiger partial charge >= 0.3 is 6.09 Å². The Kier molecular flexibility index (Phi) is 6.96. The van der Waals surface area contributed by atoms with Crippen LogP contribution in [0.2, 0.25) is 0 Å². The van der Waals surface area contributed by atoms with Gasteiger partial charge in [-0.25, -0.2) is 9.78 Å². The van der Waals surface area contributed by atoms with Gasteiger partial charge < -0.3 is 9.30 Å². The monoisotopic (exact) mass is 500 g/mol. The number of hydrogen-bond donors (Lipinski definition) is 1. The van der Waals surface area contributed by atoms with Gasteiger partial charge in [-0.15, -0.1) is 11.8 Å². The highest BCUT2D eigenvalue weighted by atomic mass is 32.2. The zero-order valence-electron chi connectivity index (χ0n) is 20.3. The number of rotatable bonds is 9. The Balaban J connectivity index is 1.45. The largest absolute Gasteiger partial charge is 0.447 e. The molecular weight excluding hydrogens is 472 g/mol. The third-order valence-corrected chi connectivity index (χ3v) is 7.06. The minimum atomic E-state index is -0.479. The van der Waals surface area contributed by atoms with E-state index in [9.17, 15) is 10.1 Å². The number of hydrogen-bond acceptors (Lipinski definition) is 6. The lowest BCUT2D eigenvalue weighted by molar-refractivity contribution is 0.130. The molecular formula is C27H28N6O2S. The van der Waals surface area contributed by atoms with Gasteiger partial charge in [0.2, 0.25) is 0 Å². The molecule has 0 aliphatic heterocycles. The number of benzene rings is 2. The van der Waals surface area contributed by atoms with Crippen molar-refractivity contribution in [3.05, 3.63) is 60.7 Å². The van der Waals surface area contributed by atoms with Gasteiger partial charge in [-0.1, -0.05) is 18.2 Å². The average molecular weight is 501 g/mol. The molecule has 5 rings (SSSR count). The first-order valence-corrected chi connectivity index (χ1v) is 13.1. The van der Waals surface area contributed by atoms with E-state index in [0.717, 1.165) is 45.9 Å². The molecule has 2 heterocycles. The number of amides is 1. The SMILES string of the molecule is CC(C)OC(=O)Nc1ccc(-c2c(C#N)c3ccc(SCCn4cncn4)cc3n2CC2CC2)cc1. The second-order valence-corrected chi connectivity index (χ2v) is 10.4. The topological polar surface area (TPSA) is 97.8 Å². The fraction of sp³-hybridized carbons (Fsp3) is 0.333. The van der Waals surface area contributed by atoms with Gasteiger partial charge in [-0.2, -0.15) is 10.4 Å². The summed E-state index contributed by atoms with van der Waals surface area (Å²) in [5, 5.41) is 18.0. The summed E-state index contributed by atoms with van der Waals surface area (Å²) in [6, 6.07) is 16.4. The van der Waals surface area contributed by atoms with Crippen molar-refractivity contribution in [2.45, 2.75) is 50.8 Å². The van der Waals surface area contributed by atoms with Crippen molar-refractivity contribution in [3.8, 4) is 17.3 Å².